The van der Waals surface area contributed by atoms with Crippen LogP contribution in [0, 0.1) is 0 Å². The predicted octanol–water partition coefficient (Wildman–Crippen LogP) is 1.15. The summed E-state index contributed by atoms with van der Waals surface area (Å²) in [7, 11) is 0. The molecule has 2 aromatic rings. The number of carbonyl (C=O) groups is 1. The molecule has 2 aromatic heterocycles. The molecule has 7 nitrogen and oxygen atoms in total. The van der Waals surface area contributed by atoms with E-state index >= 15 is 0 Å². The molecule has 1 atom stereocenters. The van der Waals surface area contributed by atoms with Gasteiger partial charge in [-0.3, -0.25) is 4.79 Å². The van der Waals surface area contributed by atoms with Crippen LogP contribution in [0.5, 0.6) is 5.88 Å². The number of hydrogen-bond acceptors (Lipinski definition) is 6. The highest BCUT2D eigenvalue weighted by Gasteiger charge is 2.27. The molecule has 0 bridgehead atoms. The number of rotatable bonds is 3. The average Bonchev–Trinajstić information content (AvgIpc) is 3.02. The highest BCUT2D eigenvalue weighted by atomic mass is 16.5. The maximum Gasteiger partial charge on any atom is 0.292 e. The Balaban J connectivity index is 1.63. The number of likely N-dealkylation sites (tertiary alicyclic amines) is 1. The van der Waals surface area contributed by atoms with Crippen LogP contribution in [-0.4, -0.2) is 45.4 Å². The van der Waals surface area contributed by atoms with E-state index in [0.717, 1.165) is 12.8 Å². The molecule has 3 heterocycles. The third-order valence-electron chi connectivity index (χ3n) is 3.15. The van der Waals surface area contributed by atoms with Crippen LogP contribution in [0.4, 0.5) is 0 Å². The minimum Gasteiger partial charge on any atom is -0.471 e. The molecule has 0 saturated carbocycles. The molecule has 1 aliphatic heterocycles. The van der Waals surface area contributed by atoms with Gasteiger partial charge in [-0.1, -0.05) is 5.16 Å². The Kier molecular flexibility index (Phi) is 3.58. The molecular weight excluding hydrogens is 260 g/mol. The predicted molar refractivity (Wildman–Crippen MR) is 68.1 cm³/mol. The van der Waals surface area contributed by atoms with Gasteiger partial charge in [0.1, 0.15) is 6.10 Å². The van der Waals surface area contributed by atoms with Gasteiger partial charge in [0.2, 0.25) is 11.6 Å². The summed E-state index contributed by atoms with van der Waals surface area (Å²) in [6.45, 7) is 1.20. The number of hydrogen-bond donors (Lipinski definition) is 0. The van der Waals surface area contributed by atoms with Crippen molar-refractivity contribution < 1.29 is 14.1 Å². The molecule has 1 fully saturated rings. The van der Waals surface area contributed by atoms with Crippen LogP contribution in [0.2, 0.25) is 0 Å². The monoisotopic (exact) mass is 274 g/mol. The van der Waals surface area contributed by atoms with Crippen molar-refractivity contribution in [3.63, 3.8) is 0 Å². The molecule has 0 radical (unpaired) electrons. The summed E-state index contributed by atoms with van der Waals surface area (Å²) in [4.78, 5) is 13.9. The minimum atomic E-state index is -0.157. The van der Waals surface area contributed by atoms with E-state index in [1.54, 1.807) is 29.3 Å². The molecule has 0 aromatic carbocycles. The van der Waals surface area contributed by atoms with Crippen LogP contribution < -0.4 is 4.74 Å². The van der Waals surface area contributed by atoms with Crippen molar-refractivity contribution in [1.82, 2.24) is 20.3 Å². The van der Waals surface area contributed by atoms with E-state index in [1.807, 2.05) is 0 Å². The van der Waals surface area contributed by atoms with E-state index in [4.69, 9.17) is 9.26 Å². The zero-order valence-electron chi connectivity index (χ0n) is 10.8. The van der Waals surface area contributed by atoms with Gasteiger partial charge in [-0.15, -0.1) is 5.10 Å². The van der Waals surface area contributed by atoms with E-state index in [2.05, 4.69) is 15.4 Å². The zero-order chi connectivity index (χ0) is 13.8. The molecule has 104 valence electrons. The summed E-state index contributed by atoms with van der Waals surface area (Å²) >= 11 is 0. The highest BCUT2D eigenvalue weighted by Crippen LogP contribution is 2.17. The number of aromatic nitrogens is 3. The van der Waals surface area contributed by atoms with Crippen molar-refractivity contribution in [3.05, 3.63) is 36.4 Å². The van der Waals surface area contributed by atoms with Gasteiger partial charge >= 0.3 is 0 Å². The maximum atomic E-state index is 12.2. The number of nitrogens with zero attached hydrogens (tertiary/aromatic N) is 4. The summed E-state index contributed by atoms with van der Waals surface area (Å²) in [6, 6.07) is 5.09. The van der Waals surface area contributed by atoms with Crippen LogP contribution in [0.3, 0.4) is 0 Å². The standard InChI is InChI=1S/C13H14N4O3/c18-13(11-5-7-15-20-11)17-8-2-3-10(9-17)19-12-4-1-6-14-16-12/h1,4-7,10H,2-3,8-9H2. The molecule has 0 spiro atoms. The van der Waals surface area contributed by atoms with Gasteiger partial charge in [-0.05, 0) is 18.9 Å². The van der Waals surface area contributed by atoms with Gasteiger partial charge in [-0.2, -0.15) is 5.10 Å². The Hall–Kier alpha value is -2.44. The topological polar surface area (TPSA) is 81.4 Å². The SMILES string of the molecule is O=C(c1ccno1)N1CCCC(Oc2cccnn2)C1. The second-order valence-electron chi connectivity index (χ2n) is 4.57. The number of amides is 1. The lowest BCUT2D eigenvalue weighted by Gasteiger charge is -2.31. The first-order valence-corrected chi connectivity index (χ1v) is 6.47. The third kappa shape index (κ3) is 2.76. The first-order valence-electron chi connectivity index (χ1n) is 6.47. The Bertz CT molecular complexity index is 558. The van der Waals surface area contributed by atoms with E-state index < -0.39 is 0 Å². The molecule has 0 aliphatic carbocycles. The average molecular weight is 274 g/mol. The first-order chi connectivity index (χ1) is 9.83. The molecule has 20 heavy (non-hydrogen) atoms. The number of carbonyl (C=O) groups excluding carboxylic acids is 1. The molecule has 3 rings (SSSR count). The van der Waals surface area contributed by atoms with Crippen LogP contribution >= 0.6 is 0 Å². The zero-order valence-corrected chi connectivity index (χ0v) is 10.8. The Labute approximate surface area is 115 Å². The summed E-state index contributed by atoms with van der Waals surface area (Å²) in [5.74, 6) is 0.576. The molecule has 0 N–H and O–H groups in total. The van der Waals surface area contributed by atoms with E-state index in [-0.39, 0.29) is 17.8 Å². The normalized spacial score (nSPS) is 18.8. The van der Waals surface area contributed by atoms with Crippen molar-refractivity contribution in [2.24, 2.45) is 0 Å². The van der Waals surface area contributed by atoms with Crippen molar-refractivity contribution in [2.45, 2.75) is 18.9 Å². The molecule has 1 aliphatic rings. The fourth-order valence-corrected chi connectivity index (χ4v) is 2.22. The van der Waals surface area contributed by atoms with E-state index in [0.29, 0.717) is 19.0 Å². The Morgan fingerprint density at radius 1 is 1.40 bits per heavy atom. The molecule has 1 unspecified atom stereocenters. The number of ether oxygens (including phenoxy) is 1. The molecule has 1 amide bonds. The Morgan fingerprint density at radius 2 is 2.35 bits per heavy atom. The van der Waals surface area contributed by atoms with Gasteiger partial charge in [0.05, 0.1) is 12.7 Å². The fraction of sp³-hybridized carbons (Fsp3) is 0.385. The molecule has 7 heteroatoms. The van der Waals surface area contributed by atoms with Crippen LogP contribution in [0.25, 0.3) is 0 Å². The van der Waals surface area contributed by atoms with Gasteiger partial charge in [0.25, 0.3) is 5.91 Å². The second kappa shape index (κ2) is 5.68. The van der Waals surface area contributed by atoms with Gasteiger partial charge in [0.15, 0.2) is 0 Å². The summed E-state index contributed by atoms with van der Waals surface area (Å²) in [5, 5.41) is 11.2. The van der Waals surface area contributed by atoms with E-state index in [1.165, 1.54) is 6.20 Å². The largest absolute Gasteiger partial charge is 0.471 e. The fourth-order valence-electron chi connectivity index (χ4n) is 2.22. The molecular formula is C13H14N4O3. The minimum absolute atomic E-state index is 0.0766. The highest BCUT2D eigenvalue weighted by molar-refractivity contribution is 5.91. The lowest BCUT2D eigenvalue weighted by atomic mass is 10.1. The van der Waals surface area contributed by atoms with Crippen molar-refractivity contribution >= 4 is 5.91 Å². The van der Waals surface area contributed by atoms with Gasteiger partial charge < -0.3 is 14.2 Å². The lowest BCUT2D eigenvalue weighted by molar-refractivity contribution is 0.0490. The quantitative estimate of drug-likeness (QED) is 0.835. The van der Waals surface area contributed by atoms with Crippen LogP contribution in [-0.2, 0) is 0 Å². The summed E-state index contributed by atoms with van der Waals surface area (Å²) < 4.78 is 10.6. The molecule has 1 saturated heterocycles. The maximum absolute atomic E-state index is 12.2. The second-order valence-corrected chi connectivity index (χ2v) is 4.57. The number of piperidine rings is 1. The smallest absolute Gasteiger partial charge is 0.292 e. The van der Waals surface area contributed by atoms with Crippen molar-refractivity contribution in [3.8, 4) is 5.88 Å². The van der Waals surface area contributed by atoms with Crippen molar-refractivity contribution in [2.75, 3.05) is 13.1 Å². The first kappa shape index (κ1) is 12.6. The van der Waals surface area contributed by atoms with Crippen LogP contribution in [0.1, 0.15) is 23.4 Å². The van der Waals surface area contributed by atoms with E-state index in [9.17, 15) is 4.79 Å². The van der Waals surface area contributed by atoms with Crippen LogP contribution in [0.15, 0.2) is 35.1 Å². The Morgan fingerprint density at radius 3 is 3.10 bits per heavy atom. The summed E-state index contributed by atoms with van der Waals surface area (Å²) in [5.41, 5.74) is 0. The lowest BCUT2D eigenvalue weighted by Crippen LogP contribution is -2.44. The third-order valence-corrected chi connectivity index (χ3v) is 3.15. The van der Waals surface area contributed by atoms with Crippen molar-refractivity contribution in [1.29, 1.82) is 0 Å². The summed E-state index contributed by atoms with van der Waals surface area (Å²) in [6.07, 6.45) is 4.74. The van der Waals surface area contributed by atoms with Gasteiger partial charge in [0, 0.05) is 24.9 Å². The van der Waals surface area contributed by atoms with Gasteiger partial charge in [-0.25, -0.2) is 0 Å².